The number of amides is 1. The van der Waals surface area contributed by atoms with E-state index in [1.54, 1.807) is 4.90 Å². The average molecular weight is 325 g/mol. The molecule has 2 aliphatic heterocycles. The molecule has 1 amide bonds. The monoisotopic (exact) mass is 325 g/mol. The molecule has 1 aromatic rings. The van der Waals surface area contributed by atoms with E-state index in [-0.39, 0.29) is 17.6 Å². The fourth-order valence-corrected chi connectivity index (χ4v) is 3.10. The number of nitrogens with zero attached hydrogens (tertiary/aromatic N) is 2. The Morgan fingerprint density at radius 2 is 2.00 bits per heavy atom. The van der Waals surface area contributed by atoms with Gasteiger partial charge in [-0.1, -0.05) is 6.07 Å². The number of hydrogen-bond donors (Lipinski definition) is 1. The maximum Gasteiger partial charge on any atom is 0.250 e. The Bertz CT molecular complexity index is 564. The van der Waals surface area contributed by atoms with Gasteiger partial charge in [-0.15, -0.1) is 0 Å². The largest absolute Gasteiger partial charge is 0.366 e. The maximum atomic E-state index is 13.8. The summed E-state index contributed by atoms with van der Waals surface area (Å²) in [5.41, 5.74) is -0.0158. The Morgan fingerprint density at radius 1 is 1.26 bits per heavy atom. The van der Waals surface area contributed by atoms with E-state index in [0.717, 1.165) is 6.54 Å². The van der Waals surface area contributed by atoms with E-state index in [1.165, 1.54) is 18.2 Å². The van der Waals surface area contributed by atoms with E-state index < -0.39 is 17.7 Å². The van der Waals surface area contributed by atoms with Crippen LogP contribution in [0, 0.1) is 11.6 Å². The smallest absolute Gasteiger partial charge is 0.250 e. The average Bonchev–Trinajstić information content (AvgIpc) is 2.95. The lowest BCUT2D eigenvalue weighted by molar-refractivity contribution is -0.138. The van der Waals surface area contributed by atoms with Crippen molar-refractivity contribution < 1.29 is 18.3 Å². The van der Waals surface area contributed by atoms with Crippen molar-refractivity contribution in [1.82, 2.24) is 10.2 Å². The van der Waals surface area contributed by atoms with Crippen LogP contribution in [-0.4, -0.2) is 62.8 Å². The first-order valence-electron chi connectivity index (χ1n) is 7.84. The van der Waals surface area contributed by atoms with Gasteiger partial charge in [-0.25, -0.2) is 8.78 Å². The first-order chi connectivity index (χ1) is 11.0. The summed E-state index contributed by atoms with van der Waals surface area (Å²) in [4.78, 5) is 15.9. The van der Waals surface area contributed by atoms with Crippen LogP contribution in [0.1, 0.15) is 6.42 Å². The van der Waals surface area contributed by atoms with Crippen LogP contribution in [0.25, 0.3) is 0 Å². The molecule has 126 valence electrons. The molecule has 2 atom stereocenters. The van der Waals surface area contributed by atoms with E-state index in [1.807, 2.05) is 11.9 Å². The van der Waals surface area contributed by atoms with E-state index >= 15 is 0 Å². The van der Waals surface area contributed by atoms with Crippen LogP contribution >= 0.6 is 0 Å². The molecule has 23 heavy (non-hydrogen) atoms. The number of ether oxygens (including phenoxy) is 1. The standard InChI is InChI=1S/C16H21F2N3O2/c1-20-7-8-23-14(10-20)16(22)19-11-5-6-21(9-11)15-12(17)3-2-4-13(15)18/h2-4,11,14H,5-10H2,1H3,(H,19,22)/t11-,14-/m0/s1. The zero-order valence-corrected chi connectivity index (χ0v) is 13.1. The third kappa shape index (κ3) is 3.61. The number of carbonyl (C=O) groups excluding carboxylic acids is 1. The van der Waals surface area contributed by atoms with Gasteiger partial charge in [-0.3, -0.25) is 4.79 Å². The molecule has 0 aliphatic carbocycles. The number of rotatable bonds is 3. The fraction of sp³-hybridized carbons (Fsp3) is 0.562. The SMILES string of the molecule is CN1CCO[C@H](C(=O)N[C@H]2CCN(c3c(F)cccc3F)C2)C1. The molecule has 1 aromatic carbocycles. The number of hydrogen-bond acceptors (Lipinski definition) is 4. The molecule has 5 nitrogen and oxygen atoms in total. The molecule has 0 radical (unpaired) electrons. The maximum absolute atomic E-state index is 13.8. The summed E-state index contributed by atoms with van der Waals surface area (Å²) in [6.45, 7) is 2.81. The minimum absolute atomic E-state index is 0.0158. The molecule has 7 heteroatoms. The lowest BCUT2D eigenvalue weighted by Gasteiger charge is -2.30. The van der Waals surface area contributed by atoms with Gasteiger partial charge in [-0.2, -0.15) is 0 Å². The summed E-state index contributed by atoms with van der Waals surface area (Å²) in [6.07, 6.45) is 0.176. The number of carbonyl (C=O) groups is 1. The highest BCUT2D eigenvalue weighted by Gasteiger charge is 2.31. The van der Waals surface area contributed by atoms with Crippen molar-refractivity contribution in [3.05, 3.63) is 29.8 Å². The quantitative estimate of drug-likeness (QED) is 0.900. The van der Waals surface area contributed by atoms with Crippen LogP contribution in [0.15, 0.2) is 18.2 Å². The van der Waals surface area contributed by atoms with E-state index in [2.05, 4.69) is 5.32 Å². The molecule has 0 spiro atoms. The molecule has 2 saturated heterocycles. The summed E-state index contributed by atoms with van der Waals surface area (Å²) in [6, 6.07) is 3.71. The second-order valence-electron chi connectivity index (χ2n) is 6.13. The summed E-state index contributed by atoms with van der Waals surface area (Å²) >= 11 is 0. The summed E-state index contributed by atoms with van der Waals surface area (Å²) < 4.78 is 33.1. The lowest BCUT2D eigenvalue weighted by Crippen LogP contribution is -2.51. The third-order valence-electron chi connectivity index (χ3n) is 4.35. The Balaban J connectivity index is 1.58. The Morgan fingerprint density at radius 3 is 2.70 bits per heavy atom. The van der Waals surface area contributed by atoms with Gasteiger partial charge in [0.25, 0.3) is 5.91 Å². The molecule has 2 heterocycles. The van der Waals surface area contributed by atoms with Crippen LogP contribution in [0.5, 0.6) is 0 Å². The molecule has 2 fully saturated rings. The minimum atomic E-state index is -0.575. The number of likely N-dealkylation sites (N-methyl/N-ethyl adjacent to an activating group) is 1. The second-order valence-corrected chi connectivity index (χ2v) is 6.13. The molecule has 0 saturated carbocycles. The van der Waals surface area contributed by atoms with Gasteiger partial charge in [-0.05, 0) is 25.6 Å². The molecule has 0 bridgehead atoms. The highest BCUT2D eigenvalue weighted by molar-refractivity contribution is 5.81. The van der Waals surface area contributed by atoms with E-state index in [9.17, 15) is 13.6 Å². The Hall–Kier alpha value is -1.73. The molecular formula is C16H21F2N3O2. The molecule has 3 rings (SSSR count). The molecule has 0 unspecified atom stereocenters. The third-order valence-corrected chi connectivity index (χ3v) is 4.35. The highest BCUT2D eigenvalue weighted by atomic mass is 19.1. The van der Waals surface area contributed by atoms with Crippen molar-refractivity contribution in [1.29, 1.82) is 0 Å². The van der Waals surface area contributed by atoms with Crippen molar-refractivity contribution in [2.24, 2.45) is 0 Å². The number of para-hydroxylation sites is 1. The number of anilines is 1. The summed E-state index contributed by atoms with van der Waals surface area (Å²) in [5, 5.41) is 2.93. The van der Waals surface area contributed by atoms with Crippen molar-refractivity contribution >= 4 is 11.6 Å². The fourth-order valence-electron chi connectivity index (χ4n) is 3.10. The van der Waals surface area contributed by atoms with E-state index in [4.69, 9.17) is 4.74 Å². The Kier molecular flexibility index (Phi) is 4.77. The number of benzene rings is 1. The van der Waals surface area contributed by atoms with Gasteiger partial charge in [0.15, 0.2) is 0 Å². The summed E-state index contributed by atoms with van der Waals surface area (Å²) in [5.74, 6) is -1.30. The van der Waals surface area contributed by atoms with Crippen LogP contribution in [0.3, 0.4) is 0 Å². The van der Waals surface area contributed by atoms with Crippen LogP contribution in [0.2, 0.25) is 0 Å². The van der Waals surface area contributed by atoms with E-state index in [0.29, 0.717) is 32.7 Å². The lowest BCUT2D eigenvalue weighted by atomic mass is 10.2. The van der Waals surface area contributed by atoms with Crippen LogP contribution in [0.4, 0.5) is 14.5 Å². The van der Waals surface area contributed by atoms with Gasteiger partial charge in [0.1, 0.15) is 23.4 Å². The number of morpholine rings is 1. The van der Waals surface area contributed by atoms with Crippen LogP contribution in [-0.2, 0) is 9.53 Å². The topological polar surface area (TPSA) is 44.8 Å². The zero-order chi connectivity index (χ0) is 16.4. The Labute approximate surface area is 134 Å². The van der Waals surface area contributed by atoms with Crippen molar-refractivity contribution in [3.63, 3.8) is 0 Å². The first kappa shape index (κ1) is 16.1. The van der Waals surface area contributed by atoms with Crippen molar-refractivity contribution in [2.45, 2.75) is 18.6 Å². The predicted molar refractivity (Wildman–Crippen MR) is 82.4 cm³/mol. The molecule has 2 aliphatic rings. The first-order valence-corrected chi connectivity index (χ1v) is 7.84. The normalized spacial score (nSPS) is 25.6. The van der Waals surface area contributed by atoms with Gasteiger partial charge >= 0.3 is 0 Å². The minimum Gasteiger partial charge on any atom is -0.366 e. The zero-order valence-electron chi connectivity index (χ0n) is 13.1. The highest BCUT2D eigenvalue weighted by Crippen LogP contribution is 2.26. The van der Waals surface area contributed by atoms with Gasteiger partial charge in [0, 0.05) is 32.2 Å². The second kappa shape index (κ2) is 6.80. The summed E-state index contributed by atoms with van der Waals surface area (Å²) in [7, 11) is 1.95. The molecule has 0 aromatic heterocycles. The van der Waals surface area contributed by atoms with Gasteiger partial charge < -0.3 is 19.9 Å². The van der Waals surface area contributed by atoms with Gasteiger partial charge in [0.05, 0.1) is 6.61 Å². The molecular weight excluding hydrogens is 304 g/mol. The van der Waals surface area contributed by atoms with Crippen LogP contribution < -0.4 is 10.2 Å². The number of nitrogens with one attached hydrogen (secondary N) is 1. The van der Waals surface area contributed by atoms with Gasteiger partial charge in [0.2, 0.25) is 0 Å². The van der Waals surface area contributed by atoms with Crippen molar-refractivity contribution in [3.8, 4) is 0 Å². The predicted octanol–water partition coefficient (Wildman–Crippen LogP) is 0.990. The van der Waals surface area contributed by atoms with Crippen molar-refractivity contribution in [2.75, 3.05) is 44.7 Å². The number of halogens is 2. The molecule has 1 N–H and O–H groups in total.